The van der Waals surface area contributed by atoms with Crippen LogP contribution in [0.15, 0.2) is 53.3 Å². The van der Waals surface area contributed by atoms with Gasteiger partial charge in [0.1, 0.15) is 0 Å². The van der Waals surface area contributed by atoms with Crippen molar-refractivity contribution < 1.29 is 18.0 Å². The van der Waals surface area contributed by atoms with Gasteiger partial charge in [-0.3, -0.25) is 9.59 Å². The monoisotopic (exact) mass is 450 g/mol. The Labute approximate surface area is 180 Å². The molecule has 0 aliphatic heterocycles. The maximum atomic E-state index is 13.1. The molecule has 0 bridgehead atoms. The molecule has 3 rings (SSSR count). The van der Waals surface area contributed by atoms with Crippen LogP contribution in [0, 0.1) is 6.92 Å². The lowest BCUT2D eigenvalue weighted by atomic mass is 10.2. The molecule has 3 aromatic rings. The second-order valence-corrected chi connectivity index (χ2v) is 7.38. The molecule has 0 radical (unpaired) electrons. The Morgan fingerprint density at radius 3 is 2.45 bits per heavy atom. The largest absolute Gasteiger partial charge is 0.416 e. The standard InChI is InChI=1S/C21H18ClF3N4O2/c1-12-9-18(30)19(20(31)26-14-7-8-17(28(2)3)16(22)11-14)27-29(12)15-6-4-5-13(10-15)21(23,24)25/h4-11H,1-3H3,(H,26,31). The van der Waals surface area contributed by atoms with E-state index in [1.165, 1.54) is 25.1 Å². The van der Waals surface area contributed by atoms with Crippen molar-refractivity contribution in [2.75, 3.05) is 24.3 Å². The van der Waals surface area contributed by atoms with Gasteiger partial charge in [-0.1, -0.05) is 17.7 Å². The van der Waals surface area contributed by atoms with Gasteiger partial charge in [-0.25, -0.2) is 4.68 Å². The van der Waals surface area contributed by atoms with E-state index in [0.717, 1.165) is 28.6 Å². The van der Waals surface area contributed by atoms with E-state index in [0.29, 0.717) is 10.7 Å². The minimum Gasteiger partial charge on any atom is -0.376 e. The molecule has 31 heavy (non-hydrogen) atoms. The Morgan fingerprint density at radius 2 is 1.84 bits per heavy atom. The number of hydrogen-bond donors (Lipinski definition) is 1. The Balaban J connectivity index is 1.97. The maximum Gasteiger partial charge on any atom is 0.416 e. The molecular weight excluding hydrogens is 433 g/mol. The van der Waals surface area contributed by atoms with E-state index in [1.54, 1.807) is 17.0 Å². The van der Waals surface area contributed by atoms with Crippen LogP contribution in [0.3, 0.4) is 0 Å². The van der Waals surface area contributed by atoms with Crippen molar-refractivity contribution in [1.29, 1.82) is 0 Å². The van der Waals surface area contributed by atoms with Crippen LogP contribution in [0.25, 0.3) is 5.69 Å². The molecule has 6 nitrogen and oxygen atoms in total. The summed E-state index contributed by atoms with van der Waals surface area (Å²) in [5, 5.41) is 6.95. The zero-order chi connectivity index (χ0) is 22.9. The van der Waals surface area contributed by atoms with Gasteiger partial charge >= 0.3 is 6.18 Å². The van der Waals surface area contributed by atoms with Crippen LogP contribution >= 0.6 is 11.6 Å². The number of carbonyl (C=O) groups excluding carboxylic acids is 1. The van der Waals surface area contributed by atoms with Gasteiger partial charge in [-0.15, -0.1) is 0 Å². The lowest BCUT2D eigenvalue weighted by molar-refractivity contribution is -0.137. The molecule has 1 amide bonds. The van der Waals surface area contributed by atoms with Crippen LogP contribution in [0.5, 0.6) is 0 Å². The summed E-state index contributed by atoms with van der Waals surface area (Å²) in [5.41, 5.74) is -0.566. The molecule has 0 saturated carbocycles. The minimum absolute atomic E-state index is 0.0692. The number of benzene rings is 2. The molecule has 162 valence electrons. The molecule has 0 saturated heterocycles. The number of nitrogens with one attached hydrogen (secondary N) is 1. The average Bonchev–Trinajstić information content (AvgIpc) is 2.67. The van der Waals surface area contributed by atoms with Crippen molar-refractivity contribution in [1.82, 2.24) is 9.78 Å². The highest BCUT2D eigenvalue weighted by Crippen LogP contribution is 2.30. The number of hydrogen-bond acceptors (Lipinski definition) is 4. The van der Waals surface area contributed by atoms with Crippen LogP contribution < -0.4 is 15.6 Å². The number of anilines is 2. The first-order valence-electron chi connectivity index (χ1n) is 9.04. The highest BCUT2D eigenvalue weighted by molar-refractivity contribution is 6.33. The lowest BCUT2D eigenvalue weighted by Gasteiger charge is -2.16. The first kappa shape index (κ1) is 22.4. The third-order valence-electron chi connectivity index (χ3n) is 4.43. The molecule has 0 unspecified atom stereocenters. The SMILES string of the molecule is Cc1cc(=O)c(C(=O)Nc2ccc(N(C)C)c(Cl)c2)nn1-c1cccc(C(F)(F)F)c1. The number of rotatable bonds is 4. The Bertz CT molecular complexity index is 1210. The third-order valence-corrected chi connectivity index (χ3v) is 4.73. The summed E-state index contributed by atoms with van der Waals surface area (Å²) in [6.07, 6.45) is -4.54. The Morgan fingerprint density at radius 1 is 1.13 bits per heavy atom. The molecule has 0 aliphatic carbocycles. The van der Waals surface area contributed by atoms with Crippen molar-refractivity contribution in [3.8, 4) is 5.69 Å². The summed E-state index contributed by atoms with van der Waals surface area (Å²) in [4.78, 5) is 26.8. The summed E-state index contributed by atoms with van der Waals surface area (Å²) >= 11 is 6.20. The van der Waals surface area contributed by atoms with Gasteiger partial charge in [0.2, 0.25) is 5.43 Å². The number of halogens is 4. The zero-order valence-corrected chi connectivity index (χ0v) is 17.5. The predicted molar refractivity (Wildman–Crippen MR) is 113 cm³/mol. The van der Waals surface area contributed by atoms with Crippen molar-refractivity contribution in [3.05, 3.63) is 80.7 Å². The van der Waals surface area contributed by atoms with Gasteiger partial charge in [0.05, 0.1) is 22.0 Å². The maximum absolute atomic E-state index is 13.1. The number of aromatic nitrogens is 2. The van der Waals surface area contributed by atoms with E-state index in [1.807, 2.05) is 14.1 Å². The van der Waals surface area contributed by atoms with Crippen LogP contribution in [-0.4, -0.2) is 29.8 Å². The fraction of sp³-hybridized carbons (Fsp3) is 0.190. The summed E-state index contributed by atoms with van der Waals surface area (Å²) in [7, 11) is 3.62. The summed E-state index contributed by atoms with van der Waals surface area (Å²) in [6, 6.07) is 10.4. The minimum atomic E-state index is -4.54. The van der Waals surface area contributed by atoms with Crippen molar-refractivity contribution in [2.45, 2.75) is 13.1 Å². The molecular formula is C21H18ClF3N4O2. The predicted octanol–water partition coefficient (Wildman–Crippen LogP) is 4.53. The topological polar surface area (TPSA) is 67.2 Å². The Hall–Kier alpha value is -3.33. The summed E-state index contributed by atoms with van der Waals surface area (Å²) in [5.74, 6) is -0.806. The fourth-order valence-corrected chi connectivity index (χ4v) is 3.27. The molecule has 2 aromatic carbocycles. The third kappa shape index (κ3) is 4.88. The van der Waals surface area contributed by atoms with Gasteiger partial charge in [0.25, 0.3) is 5.91 Å². The molecule has 0 aliphatic rings. The van der Waals surface area contributed by atoms with E-state index >= 15 is 0 Å². The van der Waals surface area contributed by atoms with E-state index in [9.17, 15) is 22.8 Å². The first-order chi connectivity index (χ1) is 14.5. The molecule has 10 heteroatoms. The smallest absolute Gasteiger partial charge is 0.376 e. The molecule has 1 heterocycles. The average molecular weight is 451 g/mol. The summed E-state index contributed by atoms with van der Waals surface area (Å²) < 4.78 is 40.3. The fourth-order valence-electron chi connectivity index (χ4n) is 2.92. The van der Waals surface area contributed by atoms with E-state index < -0.39 is 28.8 Å². The van der Waals surface area contributed by atoms with Crippen LogP contribution in [0.1, 0.15) is 21.7 Å². The van der Waals surface area contributed by atoms with Crippen molar-refractivity contribution in [3.63, 3.8) is 0 Å². The van der Waals surface area contributed by atoms with Gasteiger partial charge in [-0.2, -0.15) is 18.3 Å². The molecule has 1 aromatic heterocycles. The van der Waals surface area contributed by atoms with E-state index in [4.69, 9.17) is 11.6 Å². The van der Waals surface area contributed by atoms with E-state index in [-0.39, 0.29) is 11.4 Å². The van der Waals surface area contributed by atoms with Gasteiger partial charge in [-0.05, 0) is 43.3 Å². The lowest BCUT2D eigenvalue weighted by Crippen LogP contribution is -2.27. The van der Waals surface area contributed by atoms with Crippen LogP contribution in [0.2, 0.25) is 5.02 Å². The Kier molecular flexibility index (Phi) is 6.08. The summed E-state index contributed by atoms with van der Waals surface area (Å²) in [6.45, 7) is 1.51. The van der Waals surface area contributed by atoms with Crippen molar-refractivity contribution >= 4 is 28.9 Å². The highest BCUT2D eigenvalue weighted by Gasteiger charge is 2.30. The number of alkyl halides is 3. The second-order valence-electron chi connectivity index (χ2n) is 6.97. The number of carbonyl (C=O) groups is 1. The molecule has 0 spiro atoms. The van der Waals surface area contributed by atoms with Crippen LogP contribution in [-0.2, 0) is 6.18 Å². The van der Waals surface area contributed by atoms with E-state index in [2.05, 4.69) is 10.4 Å². The van der Waals surface area contributed by atoms with Gasteiger partial charge in [0.15, 0.2) is 5.69 Å². The normalized spacial score (nSPS) is 11.3. The first-order valence-corrected chi connectivity index (χ1v) is 9.42. The number of aryl methyl sites for hydroxylation is 1. The second kappa shape index (κ2) is 8.43. The van der Waals surface area contributed by atoms with Gasteiger partial charge in [0, 0.05) is 31.5 Å². The zero-order valence-electron chi connectivity index (χ0n) is 16.8. The van der Waals surface area contributed by atoms with Crippen molar-refractivity contribution in [2.24, 2.45) is 0 Å². The van der Waals surface area contributed by atoms with Crippen LogP contribution in [0.4, 0.5) is 24.5 Å². The number of nitrogens with zero attached hydrogens (tertiary/aromatic N) is 3. The van der Waals surface area contributed by atoms with Gasteiger partial charge < -0.3 is 10.2 Å². The number of amides is 1. The molecule has 0 fully saturated rings. The quantitative estimate of drug-likeness (QED) is 0.634. The molecule has 1 N–H and O–H groups in total. The molecule has 0 atom stereocenters. The highest BCUT2D eigenvalue weighted by atomic mass is 35.5.